The molecule has 6 heteroatoms. The van der Waals surface area contributed by atoms with E-state index in [2.05, 4.69) is 32.7 Å². The first kappa shape index (κ1) is 18.9. The lowest BCUT2D eigenvalue weighted by molar-refractivity contribution is 0.102. The van der Waals surface area contributed by atoms with Crippen LogP contribution < -0.4 is 15.5 Å². The number of halogens is 1. The molecule has 1 aliphatic rings. The molecular weight excluding hydrogens is 367 g/mol. The summed E-state index contributed by atoms with van der Waals surface area (Å²) in [6.45, 7) is 2.22. The van der Waals surface area contributed by atoms with Crippen LogP contribution in [0.4, 0.5) is 27.1 Å². The van der Waals surface area contributed by atoms with E-state index in [1.54, 1.807) is 30.5 Å². The van der Waals surface area contributed by atoms with Crippen LogP contribution in [0.15, 0.2) is 66.9 Å². The molecule has 0 radical (unpaired) electrons. The Kier molecular flexibility index (Phi) is 5.70. The topological polar surface area (TPSA) is 57.3 Å². The third-order valence-electron chi connectivity index (χ3n) is 4.95. The zero-order chi connectivity index (χ0) is 20.1. The standard InChI is InChI=1S/C23H23FN4O/c24-17-5-4-6-19(15-17)27-23(29)22-16-20(11-12-25-22)26-18-7-9-21(10-8-18)28-13-2-1-3-14-28/h4-12,15-16H,1-3,13-14H2,(H,25,26)(H,27,29). The van der Waals surface area contributed by atoms with E-state index in [-0.39, 0.29) is 11.6 Å². The van der Waals surface area contributed by atoms with Crippen LogP contribution in [0.3, 0.4) is 0 Å². The van der Waals surface area contributed by atoms with Crippen molar-refractivity contribution in [1.29, 1.82) is 0 Å². The molecule has 1 amide bonds. The second kappa shape index (κ2) is 8.73. The number of nitrogens with one attached hydrogen (secondary N) is 2. The minimum Gasteiger partial charge on any atom is -0.372 e. The van der Waals surface area contributed by atoms with Crippen molar-refractivity contribution in [3.05, 3.63) is 78.4 Å². The Hall–Kier alpha value is -3.41. The zero-order valence-electron chi connectivity index (χ0n) is 16.1. The summed E-state index contributed by atoms with van der Waals surface area (Å²) in [4.78, 5) is 19.0. The van der Waals surface area contributed by atoms with Gasteiger partial charge in [-0.3, -0.25) is 9.78 Å². The number of hydrogen-bond acceptors (Lipinski definition) is 4. The van der Waals surface area contributed by atoms with Crippen molar-refractivity contribution in [2.45, 2.75) is 19.3 Å². The molecule has 1 fully saturated rings. The average molecular weight is 390 g/mol. The summed E-state index contributed by atoms with van der Waals surface area (Å²) < 4.78 is 13.3. The average Bonchev–Trinajstić information content (AvgIpc) is 2.75. The molecule has 1 aromatic heterocycles. The number of aromatic nitrogens is 1. The summed E-state index contributed by atoms with van der Waals surface area (Å²) in [5, 5.41) is 5.96. The number of nitrogens with zero attached hydrogens (tertiary/aromatic N) is 2. The molecule has 4 rings (SSSR count). The molecule has 0 bridgehead atoms. The van der Waals surface area contributed by atoms with Crippen LogP contribution in [0.5, 0.6) is 0 Å². The fraction of sp³-hybridized carbons (Fsp3) is 0.217. The predicted molar refractivity (Wildman–Crippen MR) is 114 cm³/mol. The van der Waals surface area contributed by atoms with Crippen LogP contribution in [0.2, 0.25) is 0 Å². The first-order valence-corrected chi connectivity index (χ1v) is 9.82. The highest BCUT2D eigenvalue weighted by Gasteiger charge is 2.11. The lowest BCUT2D eigenvalue weighted by Gasteiger charge is -2.28. The van der Waals surface area contributed by atoms with E-state index in [0.717, 1.165) is 24.5 Å². The van der Waals surface area contributed by atoms with Gasteiger partial charge in [0.2, 0.25) is 0 Å². The van der Waals surface area contributed by atoms with Crippen molar-refractivity contribution in [3.8, 4) is 0 Å². The Bertz CT molecular complexity index is 984. The number of anilines is 4. The van der Waals surface area contributed by atoms with E-state index >= 15 is 0 Å². The normalized spacial score (nSPS) is 13.8. The van der Waals surface area contributed by atoms with Gasteiger partial charge < -0.3 is 15.5 Å². The first-order chi connectivity index (χ1) is 14.2. The Labute approximate surface area is 169 Å². The fourth-order valence-electron chi connectivity index (χ4n) is 3.47. The van der Waals surface area contributed by atoms with E-state index in [4.69, 9.17) is 0 Å². The van der Waals surface area contributed by atoms with E-state index < -0.39 is 5.82 Å². The maximum atomic E-state index is 13.3. The summed E-state index contributed by atoms with van der Waals surface area (Å²) in [7, 11) is 0. The van der Waals surface area contributed by atoms with Gasteiger partial charge in [-0.1, -0.05) is 6.07 Å². The van der Waals surface area contributed by atoms with Gasteiger partial charge in [0.05, 0.1) is 0 Å². The minimum absolute atomic E-state index is 0.254. The number of carbonyl (C=O) groups is 1. The third-order valence-corrected chi connectivity index (χ3v) is 4.95. The van der Waals surface area contributed by atoms with Gasteiger partial charge in [0.25, 0.3) is 5.91 Å². The molecule has 2 N–H and O–H groups in total. The lowest BCUT2D eigenvalue weighted by Crippen LogP contribution is -2.29. The molecule has 0 saturated carbocycles. The Balaban J connectivity index is 1.42. The quantitative estimate of drug-likeness (QED) is 0.628. The van der Waals surface area contributed by atoms with Gasteiger partial charge in [0, 0.05) is 42.0 Å². The van der Waals surface area contributed by atoms with Crippen molar-refractivity contribution in [2.75, 3.05) is 28.6 Å². The Morgan fingerprint density at radius 3 is 2.45 bits per heavy atom. The van der Waals surface area contributed by atoms with Crippen molar-refractivity contribution < 1.29 is 9.18 Å². The molecule has 2 aromatic carbocycles. The molecular formula is C23H23FN4O. The van der Waals surface area contributed by atoms with Gasteiger partial charge in [-0.15, -0.1) is 0 Å². The number of benzene rings is 2. The molecule has 148 valence electrons. The van der Waals surface area contributed by atoms with Gasteiger partial charge in [-0.25, -0.2) is 4.39 Å². The predicted octanol–water partition coefficient (Wildman–Crippen LogP) is 5.21. The van der Waals surface area contributed by atoms with Gasteiger partial charge in [0.15, 0.2) is 0 Å². The van der Waals surface area contributed by atoms with Crippen molar-refractivity contribution >= 4 is 28.7 Å². The Morgan fingerprint density at radius 2 is 1.69 bits per heavy atom. The van der Waals surface area contributed by atoms with Crippen LogP contribution in [0, 0.1) is 5.82 Å². The summed E-state index contributed by atoms with van der Waals surface area (Å²) >= 11 is 0. The van der Waals surface area contributed by atoms with Crippen LogP contribution in [0.25, 0.3) is 0 Å². The number of hydrogen-bond donors (Lipinski definition) is 2. The monoisotopic (exact) mass is 390 g/mol. The first-order valence-electron chi connectivity index (χ1n) is 9.82. The molecule has 5 nitrogen and oxygen atoms in total. The molecule has 1 aliphatic heterocycles. The maximum Gasteiger partial charge on any atom is 0.274 e. The smallest absolute Gasteiger partial charge is 0.274 e. The number of amides is 1. The van der Waals surface area contributed by atoms with Crippen LogP contribution in [-0.4, -0.2) is 24.0 Å². The second-order valence-corrected chi connectivity index (χ2v) is 7.11. The molecule has 29 heavy (non-hydrogen) atoms. The fourth-order valence-corrected chi connectivity index (χ4v) is 3.47. The highest BCUT2D eigenvalue weighted by molar-refractivity contribution is 6.03. The molecule has 0 aliphatic carbocycles. The summed E-state index contributed by atoms with van der Waals surface area (Å²) in [5.74, 6) is -0.793. The van der Waals surface area contributed by atoms with Crippen LogP contribution >= 0.6 is 0 Å². The van der Waals surface area contributed by atoms with Crippen LogP contribution in [0.1, 0.15) is 29.8 Å². The molecule has 0 atom stereocenters. The van der Waals surface area contributed by atoms with Gasteiger partial charge in [-0.2, -0.15) is 0 Å². The van der Waals surface area contributed by atoms with E-state index in [9.17, 15) is 9.18 Å². The largest absolute Gasteiger partial charge is 0.372 e. The lowest BCUT2D eigenvalue weighted by atomic mass is 10.1. The molecule has 1 saturated heterocycles. The van der Waals surface area contributed by atoms with E-state index in [1.165, 1.54) is 37.1 Å². The highest BCUT2D eigenvalue weighted by Crippen LogP contribution is 2.24. The number of rotatable bonds is 5. The van der Waals surface area contributed by atoms with Crippen LogP contribution in [-0.2, 0) is 0 Å². The molecule has 0 spiro atoms. The van der Waals surface area contributed by atoms with Gasteiger partial charge >= 0.3 is 0 Å². The van der Waals surface area contributed by atoms with Gasteiger partial charge in [0.1, 0.15) is 11.5 Å². The van der Waals surface area contributed by atoms with E-state index in [1.807, 2.05) is 12.1 Å². The molecule has 0 unspecified atom stereocenters. The number of piperidine rings is 1. The Morgan fingerprint density at radius 1 is 0.897 bits per heavy atom. The molecule has 3 aromatic rings. The zero-order valence-corrected chi connectivity index (χ0v) is 16.1. The SMILES string of the molecule is O=C(Nc1cccc(F)c1)c1cc(Nc2ccc(N3CCCCC3)cc2)ccn1. The summed E-state index contributed by atoms with van der Waals surface area (Å²) in [5.41, 5.74) is 3.58. The van der Waals surface area contributed by atoms with Gasteiger partial charge in [-0.05, 0) is 73.9 Å². The number of carbonyl (C=O) groups excluding carboxylic acids is 1. The molecule has 2 heterocycles. The summed E-state index contributed by atoms with van der Waals surface area (Å²) in [6.07, 6.45) is 5.38. The highest BCUT2D eigenvalue weighted by atomic mass is 19.1. The minimum atomic E-state index is -0.404. The van der Waals surface area contributed by atoms with Crippen molar-refractivity contribution in [2.24, 2.45) is 0 Å². The summed E-state index contributed by atoms with van der Waals surface area (Å²) in [6, 6.07) is 17.6. The maximum absolute atomic E-state index is 13.3. The van der Waals surface area contributed by atoms with Crippen molar-refractivity contribution in [3.63, 3.8) is 0 Å². The second-order valence-electron chi connectivity index (χ2n) is 7.11. The number of pyridine rings is 1. The van der Waals surface area contributed by atoms with E-state index in [0.29, 0.717) is 5.69 Å². The van der Waals surface area contributed by atoms with Crippen molar-refractivity contribution in [1.82, 2.24) is 4.98 Å². The third kappa shape index (κ3) is 4.90.